The molecule has 0 amide bonds. The highest BCUT2D eigenvalue weighted by atomic mass is 16.3. The van der Waals surface area contributed by atoms with Crippen molar-refractivity contribution < 1.29 is 10.2 Å². The Bertz CT molecular complexity index is 1800. The number of hydrogen-bond donors (Lipinski definition) is 2. The minimum absolute atomic E-state index is 0.0653. The third-order valence-electron chi connectivity index (χ3n) is 10.0. The van der Waals surface area contributed by atoms with E-state index in [2.05, 4.69) is 128 Å². The first-order chi connectivity index (χ1) is 21.9. The molecule has 2 heteroatoms. The molecule has 6 rings (SSSR count). The van der Waals surface area contributed by atoms with E-state index in [1.807, 2.05) is 24.3 Å². The highest BCUT2D eigenvalue weighted by Crippen LogP contribution is 2.53. The van der Waals surface area contributed by atoms with Crippen LogP contribution in [0.1, 0.15) is 107 Å². The van der Waals surface area contributed by atoms with Gasteiger partial charge in [-0.2, -0.15) is 0 Å². The Hall–Kier alpha value is -4.56. The van der Waals surface area contributed by atoms with E-state index >= 15 is 0 Å². The molecule has 0 bridgehead atoms. The predicted molar refractivity (Wildman–Crippen MR) is 193 cm³/mol. The van der Waals surface area contributed by atoms with Gasteiger partial charge in [-0.15, -0.1) is 0 Å². The summed E-state index contributed by atoms with van der Waals surface area (Å²) in [6.45, 7) is 18.0. The maximum absolute atomic E-state index is 10.4. The van der Waals surface area contributed by atoms with Crippen LogP contribution in [0.15, 0.2) is 97.1 Å². The number of phenols is 2. The van der Waals surface area contributed by atoms with Crippen LogP contribution in [0.25, 0.3) is 22.3 Å². The maximum atomic E-state index is 10.4. The fraction of sp³-hybridized carbons (Fsp3) is 0.273. The van der Waals surface area contributed by atoms with Gasteiger partial charge in [-0.3, -0.25) is 0 Å². The molecule has 0 fully saturated rings. The quantitative estimate of drug-likeness (QED) is 0.190. The molecule has 2 nitrogen and oxygen atoms in total. The SMILES string of the molecule is Cc1cc(C(c2ccc(O)cc2)C(c2ccc(O)cc2)c2cc(C)c3cc(C(C)C)ccc(C)c2-3)c2c(C)ccc(C(C)C)cc1-2. The zero-order valence-electron chi connectivity index (χ0n) is 28.4. The summed E-state index contributed by atoms with van der Waals surface area (Å²) in [6.07, 6.45) is 0. The maximum Gasteiger partial charge on any atom is 0.115 e. The Morgan fingerprint density at radius 1 is 0.391 bits per heavy atom. The van der Waals surface area contributed by atoms with Crippen molar-refractivity contribution in [3.63, 3.8) is 0 Å². The summed E-state index contributed by atoms with van der Waals surface area (Å²) < 4.78 is 0. The Balaban J connectivity index is 1.71. The van der Waals surface area contributed by atoms with E-state index < -0.39 is 0 Å². The van der Waals surface area contributed by atoms with Gasteiger partial charge in [0.15, 0.2) is 0 Å². The van der Waals surface area contributed by atoms with Gasteiger partial charge in [0.05, 0.1) is 0 Å². The van der Waals surface area contributed by atoms with Crippen molar-refractivity contribution in [3.8, 4) is 33.8 Å². The van der Waals surface area contributed by atoms with Crippen LogP contribution in [-0.2, 0) is 0 Å². The van der Waals surface area contributed by atoms with E-state index in [1.165, 1.54) is 66.8 Å². The molecule has 0 aliphatic heterocycles. The summed E-state index contributed by atoms with van der Waals surface area (Å²) in [5.41, 5.74) is 17.7. The van der Waals surface area contributed by atoms with E-state index in [9.17, 15) is 10.2 Å². The molecule has 0 aromatic heterocycles. The third kappa shape index (κ3) is 5.66. The second-order valence-electron chi connectivity index (χ2n) is 13.9. The van der Waals surface area contributed by atoms with Gasteiger partial charge in [0.1, 0.15) is 11.5 Å². The number of phenolic OH excluding ortho intramolecular Hbond substituents is 2. The Morgan fingerprint density at radius 3 is 1.04 bits per heavy atom. The summed E-state index contributed by atoms with van der Waals surface area (Å²) in [6, 6.07) is 34.3. The zero-order valence-corrected chi connectivity index (χ0v) is 28.4. The summed E-state index contributed by atoms with van der Waals surface area (Å²) in [7, 11) is 0. The molecule has 2 aromatic carbocycles. The molecule has 4 aliphatic carbocycles. The standard InChI is InChI=1S/C44H46O2/c1-25(2)33-11-9-27(5)41-37(23-33)29(7)21-39(41)43(31-13-17-35(45)18-14-31)44(32-15-19-36(46)20-16-32)40-22-30(8)38-24-34(26(3)4)12-10-28(6)42(38)40/h9-26,43-46H,1-8H3. The topological polar surface area (TPSA) is 40.5 Å². The lowest BCUT2D eigenvalue weighted by molar-refractivity contribution is 0.474. The number of aryl methyl sites for hydroxylation is 4. The van der Waals surface area contributed by atoms with Gasteiger partial charge in [-0.05, 0) is 142 Å². The summed E-state index contributed by atoms with van der Waals surface area (Å²) in [5, 5.41) is 20.8. The van der Waals surface area contributed by atoms with E-state index in [-0.39, 0.29) is 23.3 Å². The molecule has 0 spiro atoms. The average Bonchev–Trinajstić information content (AvgIpc) is 3.35. The molecule has 4 aliphatic rings. The molecule has 0 saturated carbocycles. The van der Waals surface area contributed by atoms with Gasteiger partial charge in [0, 0.05) is 11.8 Å². The van der Waals surface area contributed by atoms with Gasteiger partial charge < -0.3 is 10.2 Å². The largest absolute Gasteiger partial charge is 0.508 e. The van der Waals surface area contributed by atoms with Gasteiger partial charge in [0.2, 0.25) is 0 Å². The fourth-order valence-electron chi connectivity index (χ4n) is 7.44. The van der Waals surface area contributed by atoms with Crippen molar-refractivity contribution in [3.05, 3.63) is 153 Å². The van der Waals surface area contributed by atoms with Crippen LogP contribution in [-0.4, -0.2) is 10.2 Å². The van der Waals surface area contributed by atoms with Crippen LogP contribution < -0.4 is 0 Å². The van der Waals surface area contributed by atoms with Crippen LogP contribution >= 0.6 is 0 Å². The van der Waals surface area contributed by atoms with Crippen LogP contribution in [0.2, 0.25) is 0 Å². The van der Waals surface area contributed by atoms with Gasteiger partial charge in [-0.25, -0.2) is 0 Å². The Kier molecular flexibility index (Phi) is 8.42. The molecule has 2 N–H and O–H groups in total. The molecule has 0 saturated heterocycles. The van der Waals surface area contributed by atoms with E-state index in [0.717, 1.165) is 11.1 Å². The Labute approximate surface area is 275 Å². The molecule has 0 radical (unpaired) electrons. The minimum atomic E-state index is -0.0653. The molecule has 46 heavy (non-hydrogen) atoms. The average molecular weight is 607 g/mol. The van der Waals surface area contributed by atoms with Crippen molar-refractivity contribution in [1.29, 1.82) is 0 Å². The minimum Gasteiger partial charge on any atom is -0.508 e. The van der Waals surface area contributed by atoms with Crippen LogP contribution in [0.5, 0.6) is 11.5 Å². The van der Waals surface area contributed by atoms with Crippen molar-refractivity contribution in [2.45, 2.75) is 79.1 Å². The van der Waals surface area contributed by atoms with Crippen molar-refractivity contribution in [1.82, 2.24) is 0 Å². The van der Waals surface area contributed by atoms with E-state index in [0.29, 0.717) is 11.8 Å². The second-order valence-corrected chi connectivity index (χ2v) is 13.9. The molecule has 234 valence electrons. The molecular weight excluding hydrogens is 560 g/mol. The highest BCUT2D eigenvalue weighted by Gasteiger charge is 2.35. The predicted octanol–water partition coefficient (Wildman–Crippen LogP) is 11.8. The van der Waals surface area contributed by atoms with Crippen LogP contribution in [0, 0.1) is 27.7 Å². The van der Waals surface area contributed by atoms with E-state index in [4.69, 9.17) is 0 Å². The van der Waals surface area contributed by atoms with Crippen LogP contribution in [0.4, 0.5) is 0 Å². The van der Waals surface area contributed by atoms with Crippen LogP contribution in [0.3, 0.4) is 0 Å². The molecule has 2 atom stereocenters. The first kappa shape index (κ1) is 31.4. The first-order valence-corrected chi connectivity index (χ1v) is 16.6. The number of rotatable bonds is 7. The Morgan fingerprint density at radius 2 is 0.717 bits per heavy atom. The monoisotopic (exact) mass is 606 g/mol. The molecule has 2 unspecified atom stereocenters. The third-order valence-corrected chi connectivity index (χ3v) is 10.0. The molecule has 2 aromatic rings. The fourth-order valence-corrected chi connectivity index (χ4v) is 7.44. The van der Waals surface area contributed by atoms with Crippen molar-refractivity contribution in [2.75, 3.05) is 0 Å². The first-order valence-electron chi connectivity index (χ1n) is 16.6. The molecule has 0 heterocycles. The van der Waals surface area contributed by atoms with Crippen molar-refractivity contribution in [2.24, 2.45) is 0 Å². The smallest absolute Gasteiger partial charge is 0.115 e. The number of aromatic hydroxyl groups is 2. The lowest BCUT2D eigenvalue weighted by Gasteiger charge is -2.30. The zero-order chi connectivity index (χ0) is 32.9. The van der Waals surface area contributed by atoms with Gasteiger partial charge >= 0.3 is 0 Å². The lowest BCUT2D eigenvalue weighted by atomic mass is 9.72. The van der Waals surface area contributed by atoms with Gasteiger partial charge in [0.25, 0.3) is 0 Å². The summed E-state index contributed by atoms with van der Waals surface area (Å²) in [4.78, 5) is 0. The molecular formula is C44H46O2. The summed E-state index contributed by atoms with van der Waals surface area (Å²) >= 11 is 0. The van der Waals surface area contributed by atoms with Crippen molar-refractivity contribution >= 4 is 0 Å². The number of fused-ring (bicyclic) bond motifs is 2. The second kappa shape index (κ2) is 12.3. The number of hydrogen-bond acceptors (Lipinski definition) is 2. The van der Waals surface area contributed by atoms with E-state index in [1.54, 1.807) is 0 Å². The number of benzene rings is 2. The normalized spacial score (nSPS) is 13.2. The lowest BCUT2D eigenvalue weighted by Crippen LogP contribution is -2.15. The van der Waals surface area contributed by atoms with Gasteiger partial charge in [-0.1, -0.05) is 100 Å². The summed E-state index contributed by atoms with van der Waals surface area (Å²) in [5.74, 6) is 1.23. The highest BCUT2D eigenvalue weighted by molar-refractivity contribution is 5.82.